The van der Waals surface area contributed by atoms with Crippen molar-refractivity contribution in [1.82, 2.24) is 14.5 Å². The number of halogens is 3. The third-order valence-electron chi connectivity index (χ3n) is 4.68. The molecule has 8 nitrogen and oxygen atoms in total. The summed E-state index contributed by atoms with van der Waals surface area (Å²) >= 11 is 0. The number of sulfonamides is 1. The fourth-order valence-electron chi connectivity index (χ4n) is 3.02. The van der Waals surface area contributed by atoms with Gasteiger partial charge in [0.2, 0.25) is 10.0 Å². The minimum Gasteiger partial charge on any atom is -0.383 e. The lowest BCUT2D eigenvalue weighted by Crippen LogP contribution is -2.16. The van der Waals surface area contributed by atoms with Crippen LogP contribution in [0.3, 0.4) is 0 Å². The smallest absolute Gasteiger partial charge is 0.383 e. The second-order valence-corrected chi connectivity index (χ2v) is 8.58. The highest BCUT2D eigenvalue weighted by molar-refractivity contribution is 7.89. The number of anilines is 1. The van der Waals surface area contributed by atoms with E-state index in [9.17, 15) is 21.6 Å². The number of methoxy groups -OCH3 is 1. The van der Waals surface area contributed by atoms with Gasteiger partial charge < -0.3 is 14.6 Å². The topological polar surface area (TPSA) is 112 Å². The van der Waals surface area contributed by atoms with Gasteiger partial charge in [0.05, 0.1) is 29.9 Å². The Labute approximate surface area is 183 Å². The molecule has 0 saturated carbocycles. The Hall–Kier alpha value is -2.96. The van der Waals surface area contributed by atoms with E-state index in [-0.39, 0.29) is 17.1 Å². The Morgan fingerprint density at radius 3 is 2.50 bits per heavy atom. The van der Waals surface area contributed by atoms with E-state index in [4.69, 9.17) is 9.88 Å². The Kier molecular flexibility index (Phi) is 6.86. The van der Waals surface area contributed by atoms with Crippen molar-refractivity contribution in [1.29, 1.82) is 0 Å². The molecule has 0 amide bonds. The number of rotatable bonds is 8. The maximum Gasteiger partial charge on any atom is 0.416 e. The lowest BCUT2D eigenvalue weighted by molar-refractivity contribution is -0.137. The van der Waals surface area contributed by atoms with Crippen LogP contribution in [0.2, 0.25) is 0 Å². The predicted octanol–water partition coefficient (Wildman–Crippen LogP) is 3.18. The van der Waals surface area contributed by atoms with Gasteiger partial charge in [-0.3, -0.25) is 0 Å². The second kappa shape index (κ2) is 9.27. The van der Waals surface area contributed by atoms with E-state index in [1.54, 1.807) is 24.2 Å². The first-order valence-electron chi connectivity index (χ1n) is 9.44. The zero-order valence-corrected chi connectivity index (χ0v) is 18.2. The van der Waals surface area contributed by atoms with Gasteiger partial charge in [0, 0.05) is 32.0 Å². The van der Waals surface area contributed by atoms with Gasteiger partial charge in [0.1, 0.15) is 10.7 Å². The fraction of sp³-hybridized carbons (Fsp3) is 0.300. The lowest BCUT2D eigenvalue weighted by Gasteiger charge is -2.14. The van der Waals surface area contributed by atoms with Crippen molar-refractivity contribution < 1.29 is 26.3 Å². The van der Waals surface area contributed by atoms with Crippen LogP contribution in [0.4, 0.5) is 19.0 Å². The SMILES string of the molecule is COCCn1cnc(-c2cc(S(N)(=O)=O)c(C)nc2NCc2ccc(C(F)(F)F)cc2)c1. The number of nitrogens with zero attached hydrogens (tertiary/aromatic N) is 3. The van der Waals surface area contributed by atoms with Crippen molar-refractivity contribution in [3.8, 4) is 11.3 Å². The number of alkyl halides is 3. The maximum absolute atomic E-state index is 12.8. The highest BCUT2D eigenvalue weighted by atomic mass is 32.2. The summed E-state index contributed by atoms with van der Waals surface area (Å²) in [6.07, 6.45) is -1.13. The molecule has 0 aliphatic carbocycles. The zero-order valence-electron chi connectivity index (χ0n) is 17.3. The number of hydrogen-bond donors (Lipinski definition) is 2. The Bertz CT molecular complexity index is 1190. The van der Waals surface area contributed by atoms with E-state index in [0.29, 0.717) is 35.8 Å². The molecule has 3 N–H and O–H groups in total. The minimum atomic E-state index is -4.41. The number of imidazole rings is 1. The van der Waals surface area contributed by atoms with Gasteiger partial charge in [-0.05, 0) is 30.7 Å². The van der Waals surface area contributed by atoms with Crippen molar-refractivity contribution in [3.63, 3.8) is 0 Å². The zero-order chi connectivity index (χ0) is 23.5. The second-order valence-electron chi connectivity index (χ2n) is 7.05. The van der Waals surface area contributed by atoms with E-state index >= 15 is 0 Å². The molecule has 0 bridgehead atoms. The summed E-state index contributed by atoms with van der Waals surface area (Å²) in [6, 6.07) is 6.10. The number of benzene rings is 1. The molecule has 0 spiro atoms. The molecule has 2 aromatic heterocycles. The largest absolute Gasteiger partial charge is 0.416 e. The molecule has 172 valence electrons. The molecule has 2 heterocycles. The van der Waals surface area contributed by atoms with Gasteiger partial charge >= 0.3 is 6.18 Å². The molecule has 0 radical (unpaired) electrons. The third kappa shape index (κ3) is 5.64. The molecule has 0 atom stereocenters. The van der Waals surface area contributed by atoms with Crippen molar-refractivity contribution in [3.05, 3.63) is 59.7 Å². The first kappa shape index (κ1) is 23.7. The molecular formula is C20H22F3N5O3S. The summed E-state index contributed by atoms with van der Waals surface area (Å²) in [5, 5.41) is 8.37. The van der Waals surface area contributed by atoms with Crippen LogP contribution in [0.15, 0.2) is 47.8 Å². The molecule has 12 heteroatoms. The normalized spacial score (nSPS) is 12.2. The van der Waals surface area contributed by atoms with Crippen molar-refractivity contribution in [2.24, 2.45) is 5.14 Å². The van der Waals surface area contributed by atoms with Crippen LogP contribution in [0, 0.1) is 6.92 Å². The van der Waals surface area contributed by atoms with Crippen LogP contribution in [-0.2, 0) is 34.0 Å². The van der Waals surface area contributed by atoms with Gasteiger partial charge in [-0.1, -0.05) is 12.1 Å². The number of pyridine rings is 1. The standard InChI is InChI=1S/C20H22F3N5O3S/c1-13-18(32(24,29)30)9-16(17-11-28(12-26-17)7-8-31-2)19(27-13)25-10-14-3-5-15(6-4-14)20(21,22)23/h3-6,9,11-12H,7-8,10H2,1-2H3,(H,25,27)(H2,24,29,30). The number of primary sulfonamides is 1. The summed E-state index contributed by atoms with van der Waals surface area (Å²) in [6.45, 7) is 2.67. The lowest BCUT2D eigenvalue weighted by atomic mass is 10.1. The predicted molar refractivity (Wildman–Crippen MR) is 112 cm³/mol. The van der Waals surface area contributed by atoms with E-state index in [0.717, 1.165) is 12.1 Å². The molecule has 1 aromatic carbocycles. The van der Waals surface area contributed by atoms with E-state index in [1.807, 2.05) is 0 Å². The number of aryl methyl sites for hydroxylation is 1. The molecule has 0 saturated heterocycles. The molecule has 0 unspecified atom stereocenters. The number of nitrogens with one attached hydrogen (secondary N) is 1. The van der Waals surface area contributed by atoms with Crippen molar-refractivity contribution in [2.45, 2.75) is 31.1 Å². The number of aromatic nitrogens is 3. The molecule has 0 aliphatic rings. The van der Waals surface area contributed by atoms with E-state index in [2.05, 4.69) is 15.3 Å². The average Bonchev–Trinajstić information content (AvgIpc) is 3.18. The molecular weight excluding hydrogens is 447 g/mol. The van der Waals surface area contributed by atoms with Crippen LogP contribution >= 0.6 is 0 Å². The molecule has 0 aliphatic heterocycles. The summed E-state index contributed by atoms with van der Waals surface area (Å²) in [4.78, 5) is 8.51. The van der Waals surface area contributed by atoms with Gasteiger partial charge in [-0.25, -0.2) is 23.5 Å². The Morgan fingerprint density at radius 2 is 1.91 bits per heavy atom. The van der Waals surface area contributed by atoms with Gasteiger partial charge in [0.15, 0.2) is 0 Å². The monoisotopic (exact) mass is 469 g/mol. The first-order valence-corrected chi connectivity index (χ1v) is 11.0. The first-order chi connectivity index (χ1) is 15.0. The van der Waals surface area contributed by atoms with Gasteiger partial charge in [-0.2, -0.15) is 13.2 Å². The average molecular weight is 469 g/mol. The third-order valence-corrected chi connectivity index (χ3v) is 5.70. The Morgan fingerprint density at radius 1 is 1.22 bits per heavy atom. The van der Waals surface area contributed by atoms with Gasteiger partial charge in [-0.15, -0.1) is 0 Å². The number of nitrogens with two attached hydrogens (primary N) is 1. The van der Waals surface area contributed by atoms with Crippen LogP contribution < -0.4 is 10.5 Å². The highest BCUT2D eigenvalue weighted by Crippen LogP contribution is 2.31. The van der Waals surface area contributed by atoms with Crippen molar-refractivity contribution in [2.75, 3.05) is 19.0 Å². The van der Waals surface area contributed by atoms with Crippen LogP contribution in [0.1, 0.15) is 16.8 Å². The molecule has 3 rings (SSSR count). The van der Waals surface area contributed by atoms with E-state index < -0.39 is 21.8 Å². The maximum atomic E-state index is 12.8. The molecule has 32 heavy (non-hydrogen) atoms. The van der Waals surface area contributed by atoms with Crippen LogP contribution in [0.25, 0.3) is 11.3 Å². The van der Waals surface area contributed by atoms with E-state index in [1.165, 1.54) is 25.1 Å². The number of hydrogen-bond acceptors (Lipinski definition) is 6. The minimum absolute atomic E-state index is 0.140. The Balaban J connectivity index is 1.93. The van der Waals surface area contributed by atoms with Crippen LogP contribution in [-0.4, -0.2) is 36.7 Å². The highest BCUT2D eigenvalue weighted by Gasteiger charge is 2.30. The van der Waals surface area contributed by atoms with Gasteiger partial charge in [0.25, 0.3) is 0 Å². The summed E-state index contributed by atoms with van der Waals surface area (Å²) in [7, 11) is -2.45. The summed E-state index contributed by atoms with van der Waals surface area (Å²) in [5.74, 6) is 0.326. The molecule has 0 fully saturated rings. The van der Waals surface area contributed by atoms with Crippen molar-refractivity contribution >= 4 is 15.8 Å². The summed E-state index contributed by atoms with van der Waals surface area (Å²) < 4.78 is 69.1. The quantitative estimate of drug-likeness (QED) is 0.524. The molecule has 3 aromatic rings. The fourth-order valence-corrected chi connectivity index (χ4v) is 3.76. The number of ether oxygens (including phenoxy) is 1. The van der Waals surface area contributed by atoms with Crippen LogP contribution in [0.5, 0.6) is 0 Å². The summed E-state index contributed by atoms with van der Waals surface area (Å²) in [5.41, 5.74) is 0.876.